The molecule has 0 spiro atoms. The van der Waals surface area contributed by atoms with E-state index in [9.17, 15) is 9.59 Å². The maximum Gasteiger partial charge on any atom is 0.343 e. The highest BCUT2D eigenvalue weighted by molar-refractivity contribution is 14.1. The van der Waals surface area contributed by atoms with Crippen molar-refractivity contribution in [2.45, 2.75) is 6.92 Å². The van der Waals surface area contributed by atoms with Gasteiger partial charge in [-0.25, -0.2) is 10.2 Å². The van der Waals surface area contributed by atoms with E-state index in [0.29, 0.717) is 22.4 Å². The van der Waals surface area contributed by atoms with Crippen LogP contribution in [0.2, 0.25) is 0 Å². The number of amides is 1. The van der Waals surface area contributed by atoms with Crippen molar-refractivity contribution in [3.05, 3.63) is 98.6 Å². The van der Waals surface area contributed by atoms with Gasteiger partial charge in [-0.15, -0.1) is 0 Å². The Kier molecular flexibility index (Phi) is 6.54. The Morgan fingerprint density at radius 2 is 1.71 bits per heavy atom. The molecule has 0 aliphatic rings. The number of carbonyl (C=O) groups is 2. The zero-order valence-corrected chi connectivity index (χ0v) is 17.2. The van der Waals surface area contributed by atoms with Crippen LogP contribution < -0.4 is 10.2 Å². The van der Waals surface area contributed by atoms with E-state index in [-0.39, 0.29) is 5.91 Å². The highest BCUT2D eigenvalue weighted by Gasteiger charge is 2.08. The van der Waals surface area contributed by atoms with Crippen LogP contribution in [0.4, 0.5) is 0 Å². The highest BCUT2D eigenvalue weighted by Crippen LogP contribution is 2.15. The Balaban J connectivity index is 1.62. The number of nitrogens with zero attached hydrogens (tertiary/aromatic N) is 1. The summed E-state index contributed by atoms with van der Waals surface area (Å²) in [6, 6.07) is 21.3. The van der Waals surface area contributed by atoms with Gasteiger partial charge in [-0.1, -0.05) is 35.9 Å². The number of hydrogen-bond acceptors (Lipinski definition) is 4. The Hall–Kier alpha value is -3.00. The summed E-state index contributed by atoms with van der Waals surface area (Å²) in [5.74, 6) is -0.323. The molecule has 140 valence electrons. The Morgan fingerprint density at radius 3 is 2.46 bits per heavy atom. The van der Waals surface area contributed by atoms with Crippen LogP contribution >= 0.6 is 22.6 Å². The van der Waals surface area contributed by atoms with Crippen molar-refractivity contribution in [1.82, 2.24) is 5.43 Å². The number of halogens is 1. The molecule has 5 nitrogen and oxygen atoms in total. The third kappa shape index (κ3) is 5.50. The number of esters is 1. The molecule has 0 bridgehead atoms. The largest absolute Gasteiger partial charge is 0.423 e. The van der Waals surface area contributed by atoms with E-state index in [0.717, 1.165) is 9.13 Å². The first-order valence-corrected chi connectivity index (χ1v) is 9.57. The molecule has 0 aliphatic carbocycles. The molecule has 0 aliphatic heterocycles. The van der Waals surface area contributed by atoms with Gasteiger partial charge in [0.1, 0.15) is 5.75 Å². The van der Waals surface area contributed by atoms with Crippen molar-refractivity contribution < 1.29 is 14.3 Å². The third-order valence-corrected chi connectivity index (χ3v) is 4.49. The summed E-state index contributed by atoms with van der Waals surface area (Å²) < 4.78 is 6.37. The average molecular weight is 484 g/mol. The Labute approximate surface area is 176 Å². The second-order valence-corrected chi connectivity index (χ2v) is 7.28. The van der Waals surface area contributed by atoms with Gasteiger partial charge >= 0.3 is 5.97 Å². The summed E-state index contributed by atoms with van der Waals surface area (Å²) in [6.45, 7) is 1.95. The summed E-state index contributed by atoms with van der Waals surface area (Å²) in [5, 5.41) is 3.97. The van der Waals surface area contributed by atoms with Gasteiger partial charge in [-0.05, 0) is 77.5 Å². The quantitative estimate of drug-likeness (QED) is 0.190. The van der Waals surface area contributed by atoms with Gasteiger partial charge in [0, 0.05) is 9.13 Å². The molecule has 0 saturated heterocycles. The van der Waals surface area contributed by atoms with Crippen LogP contribution in [0.1, 0.15) is 31.8 Å². The van der Waals surface area contributed by atoms with Crippen LogP contribution in [0.25, 0.3) is 0 Å². The van der Waals surface area contributed by atoms with Crippen molar-refractivity contribution in [2.24, 2.45) is 5.10 Å². The molecule has 3 aromatic carbocycles. The average Bonchev–Trinajstić information content (AvgIpc) is 2.68. The number of benzene rings is 3. The van der Waals surface area contributed by atoms with Gasteiger partial charge < -0.3 is 4.74 Å². The van der Waals surface area contributed by atoms with E-state index in [1.54, 1.807) is 48.5 Å². The molecule has 1 amide bonds. The number of hydrazone groups is 1. The first kappa shape index (κ1) is 19.8. The lowest BCUT2D eigenvalue weighted by molar-refractivity contribution is 0.0734. The molecule has 0 saturated carbocycles. The van der Waals surface area contributed by atoms with Crippen molar-refractivity contribution in [3.8, 4) is 5.75 Å². The molecule has 0 unspecified atom stereocenters. The van der Waals surface area contributed by atoms with E-state index in [4.69, 9.17) is 4.74 Å². The SMILES string of the molecule is Cc1ccc(C(=O)Oc2cccc(/C=N\NC(=O)c3cccc(I)c3)c2)cc1. The maximum absolute atomic E-state index is 12.2. The van der Waals surface area contributed by atoms with Crippen LogP contribution in [0.15, 0.2) is 77.9 Å². The van der Waals surface area contributed by atoms with Crippen molar-refractivity contribution in [3.63, 3.8) is 0 Å². The van der Waals surface area contributed by atoms with Crippen LogP contribution in [-0.4, -0.2) is 18.1 Å². The molecule has 28 heavy (non-hydrogen) atoms. The molecular weight excluding hydrogens is 467 g/mol. The number of hydrogen-bond donors (Lipinski definition) is 1. The number of ether oxygens (including phenoxy) is 1. The minimum Gasteiger partial charge on any atom is -0.423 e. The second kappa shape index (κ2) is 9.27. The van der Waals surface area contributed by atoms with Crippen molar-refractivity contribution >= 4 is 40.7 Å². The van der Waals surface area contributed by atoms with E-state index >= 15 is 0 Å². The van der Waals surface area contributed by atoms with E-state index < -0.39 is 5.97 Å². The monoisotopic (exact) mass is 484 g/mol. The zero-order chi connectivity index (χ0) is 19.9. The fraction of sp³-hybridized carbons (Fsp3) is 0.0455. The Bertz CT molecular complexity index is 1030. The number of nitrogens with one attached hydrogen (secondary N) is 1. The van der Waals surface area contributed by atoms with E-state index in [1.807, 2.05) is 31.2 Å². The first-order valence-electron chi connectivity index (χ1n) is 8.49. The van der Waals surface area contributed by atoms with Gasteiger partial charge in [-0.2, -0.15) is 5.10 Å². The van der Waals surface area contributed by atoms with Crippen LogP contribution in [-0.2, 0) is 0 Å². The van der Waals surface area contributed by atoms with Crippen molar-refractivity contribution in [2.75, 3.05) is 0 Å². The van der Waals surface area contributed by atoms with E-state index in [2.05, 4.69) is 33.1 Å². The molecule has 3 aromatic rings. The summed E-state index contributed by atoms with van der Waals surface area (Å²) in [4.78, 5) is 24.3. The lowest BCUT2D eigenvalue weighted by atomic mass is 10.1. The van der Waals surface area contributed by atoms with Gasteiger partial charge in [0.05, 0.1) is 11.8 Å². The summed E-state index contributed by atoms with van der Waals surface area (Å²) in [7, 11) is 0. The molecule has 0 aromatic heterocycles. The predicted octanol–water partition coefficient (Wildman–Crippen LogP) is 4.58. The third-order valence-electron chi connectivity index (χ3n) is 3.82. The van der Waals surface area contributed by atoms with Gasteiger partial charge in [0.25, 0.3) is 5.91 Å². The molecule has 0 atom stereocenters. The normalized spacial score (nSPS) is 10.6. The van der Waals surface area contributed by atoms with Crippen molar-refractivity contribution in [1.29, 1.82) is 0 Å². The fourth-order valence-electron chi connectivity index (χ4n) is 2.37. The van der Waals surface area contributed by atoms with Crippen LogP contribution in [0.3, 0.4) is 0 Å². The minimum atomic E-state index is -0.430. The minimum absolute atomic E-state index is 0.295. The van der Waals surface area contributed by atoms with Gasteiger partial charge in [0.2, 0.25) is 0 Å². The molecule has 3 rings (SSSR count). The number of rotatable bonds is 5. The smallest absolute Gasteiger partial charge is 0.343 e. The molecule has 6 heteroatoms. The molecule has 0 fully saturated rings. The molecular formula is C22H17IN2O3. The lowest BCUT2D eigenvalue weighted by Gasteiger charge is -2.05. The van der Waals surface area contributed by atoms with Crippen LogP contribution in [0.5, 0.6) is 5.75 Å². The summed E-state index contributed by atoms with van der Waals surface area (Å²) >= 11 is 2.14. The standard InChI is InChI=1S/C22H17IN2O3/c1-15-8-10-17(11-9-15)22(27)28-20-7-2-4-16(12-20)14-24-25-21(26)18-5-3-6-19(23)13-18/h2-14H,1H3,(H,25,26)/b24-14-. The Morgan fingerprint density at radius 1 is 0.964 bits per heavy atom. The number of aryl methyl sites for hydroxylation is 1. The number of carbonyl (C=O) groups excluding carboxylic acids is 2. The molecule has 0 heterocycles. The van der Waals surface area contributed by atoms with Crippen LogP contribution in [0, 0.1) is 10.5 Å². The van der Waals surface area contributed by atoms with E-state index in [1.165, 1.54) is 6.21 Å². The predicted molar refractivity (Wildman–Crippen MR) is 117 cm³/mol. The van der Waals surface area contributed by atoms with Gasteiger partial charge in [-0.3, -0.25) is 4.79 Å². The van der Waals surface area contributed by atoms with Gasteiger partial charge in [0.15, 0.2) is 0 Å². The topological polar surface area (TPSA) is 67.8 Å². The molecule has 0 radical (unpaired) electrons. The highest BCUT2D eigenvalue weighted by atomic mass is 127. The first-order chi connectivity index (χ1) is 13.5. The summed E-state index contributed by atoms with van der Waals surface area (Å²) in [6.07, 6.45) is 1.50. The fourth-order valence-corrected chi connectivity index (χ4v) is 2.92. The lowest BCUT2D eigenvalue weighted by Crippen LogP contribution is -2.17. The second-order valence-electron chi connectivity index (χ2n) is 6.04. The maximum atomic E-state index is 12.2. The molecule has 1 N–H and O–H groups in total. The zero-order valence-electron chi connectivity index (χ0n) is 15.1. The summed E-state index contributed by atoms with van der Waals surface area (Å²) in [5.41, 5.74) is 5.26.